The zero-order valence-corrected chi connectivity index (χ0v) is 12.5. The number of halogens is 1. The number of benzene rings is 1. The first-order chi connectivity index (χ1) is 10.1. The second-order valence-corrected chi connectivity index (χ2v) is 6.21. The van der Waals surface area contributed by atoms with Gasteiger partial charge in [-0.1, -0.05) is 34.2 Å². The maximum atomic E-state index is 12.0. The van der Waals surface area contributed by atoms with Gasteiger partial charge in [0.15, 0.2) is 0 Å². The number of carbonyl (C=O) groups excluding carboxylic acids is 1. The Balaban J connectivity index is 2.42. The van der Waals surface area contributed by atoms with Crippen molar-refractivity contribution in [3.05, 3.63) is 22.3 Å². The molecule has 1 heterocycles. The van der Waals surface area contributed by atoms with Crippen LogP contribution in [0, 0.1) is 0 Å². The van der Waals surface area contributed by atoms with Gasteiger partial charge >= 0.3 is 0 Å². The lowest BCUT2D eigenvalue weighted by Crippen LogP contribution is -2.54. The normalized spacial score (nSPS) is 23.3. The molecule has 1 aromatic carbocycles. The Labute approximate surface area is 140 Å². The highest BCUT2D eigenvalue weighted by atomic mass is 35.5. The summed E-state index contributed by atoms with van der Waals surface area (Å²) in [5.41, 5.74) is 7.70. The Morgan fingerprint density at radius 3 is 2.50 bits per heavy atom. The standard InChI is InChI=1S/C13H8B5ClN2O/c14-7-6(19)3-5-4-1-2-12(16,17)13(18,11(20)22)10(4)21-9(5)8(7)15/h3,21H,1-2H2,(H2,20,22). The van der Waals surface area contributed by atoms with Gasteiger partial charge in [-0.05, 0) is 18.1 Å². The number of rotatable bonds is 1. The molecule has 9 heteroatoms. The van der Waals surface area contributed by atoms with Crippen LogP contribution in [0.5, 0.6) is 0 Å². The third kappa shape index (κ3) is 1.79. The monoisotopic (exact) mass is 298 g/mol. The number of nitrogens with two attached hydrogens (primary N) is 1. The third-order valence-corrected chi connectivity index (χ3v) is 4.85. The van der Waals surface area contributed by atoms with Crippen LogP contribution in [0.4, 0.5) is 0 Å². The highest BCUT2D eigenvalue weighted by Crippen LogP contribution is 2.50. The number of aromatic nitrogens is 1. The zero-order valence-electron chi connectivity index (χ0n) is 11.7. The second-order valence-electron chi connectivity index (χ2n) is 5.80. The van der Waals surface area contributed by atoms with Crippen LogP contribution in [0.2, 0.25) is 10.2 Å². The highest BCUT2D eigenvalue weighted by molar-refractivity contribution is 6.57. The molecular formula is C13H8B5ClN2O. The van der Waals surface area contributed by atoms with E-state index in [0.29, 0.717) is 22.7 Å². The molecule has 0 saturated carbocycles. The first-order valence-corrected chi connectivity index (χ1v) is 7.04. The summed E-state index contributed by atoms with van der Waals surface area (Å²) in [6, 6.07) is 1.68. The van der Waals surface area contributed by atoms with E-state index in [0.717, 1.165) is 10.9 Å². The molecule has 0 aliphatic heterocycles. The van der Waals surface area contributed by atoms with E-state index in [1.807, 2.05) is 0 Å². The summed E-state index contributed by atoms with van der Waals surface area (Å²) in [7, 11) is 30.1. The molecule has 1 aliphatic rings. The van der Waals surface area contributed by atoms with E-state index >= 15 is 0 Å². The van der Waals surface area contributed by atoms with Gasteiger partial charge in [-0.15, -0.1) is 0 Å². The van der Waals surface area contributed by atoms with E-state index in [-0.39, 0.29) is 17.3 Å². The average Bonchev–Trinajstić information content (AvgIpc) is 2.80. The predicted molar refractivity (Wildman–Crippen MR) is 93.2 cm³/mol. The molecule has 10 radical (unpaired) electrons. The van der Waals surface area contributed by atoms with Crippen molar-refractivity contribution < 1.29 is 4.79 Å². The molecule has 3 N–H and O–H groups in total. The quantitative estimate of drug-likeness (QED) is 0.629. The Morgan fingerprint density at radius 1 is 1.27 bits per heavy atom. The van der Waals surface area contributed by atoms with Crippen molar-refractivity contribution in [3.63, 3.8) is 0 Å². The molecule has 1 amide bonds. The molecule has 2 aromatic rings. The maximum absolute atomic E-state index is 12.0. The predicted octanol–water partition coefficient (Wildman–Crippen LogP) is -1.34. The van der Waals surface area contributed by atoms with Crippen molar-refractivity contribution in [1.29, 1.82) is 0 Å². The van der Waals surface area contributed by atoms with Gasteiger partial charge < -0.3 is 10.7 Å². The minimum atomic E-state index is -1.74. The number of primary amides is 1. The number of aromatic amines is 1. The van der Waals surface area contributed by atoms with Crippen molar-refractivity contribution in [2.24, 2.45) is 5.73 Å². The van der Waals surface area contributed by atoms with Crippen molar-refractivity contribution in [2.75, 3.05) is 0 Å². The molecule has 0 fully saturated rings. The molecule has 98 valence electrons. The van der Waals surface area contributed by atoms with Gasteiger partial charge in [-0.25, -0.2) is 0 Å². The average molecular weight is 298 g/mol. The van der Waals surface area contributed by atoms with E-state index in [9.17, 15) is 4.79 Å². The minimum Gasteiger partial charge on any atom is -0.370 e. The number of amides is 1. The molecule has 1 atom stereocenters. The third-order valence-electron chi connectivity index (χ3n) is 4.54. The van der Waals surface area contributed by atoms with Crippen molar-refractivity contribution in [2.45, 2.75) is 23.4 Å². The number of nitrogens with one attached hydrogen (secondary N) is 1. The maximum Gasteiger partial charge on any atom is 0.219 e. The molecule has 1 aliphatic carbocycles. The smallest absolute Gasteiger partial charge is 0.219 e. The number of carbonyl (C=O) groups is 1. The van der Waals surface area contributed by atoms with Crippen LogP contribution in [0.3, 0.4) is 0 Å². The van der Waals surface area contributed by atoms with Crippen LogP contribution < -0.4 is 16.7 Å². The second kappa shape index (κ2) is 4.67. The lowest BCUT2D eigenvalue weighted by atomic mass is 9.32. The Kier molecular flexibility index (Phi) is 3.34. The molecule has 1 aromatic heterocycles. The zero-order chi connectivity index (χ0) is 16.4. The lowest BCUT2D eigenvalue weighted by molar-refractivity contribution is -0.121. The van der Waals surface area contributed by atoms with Gasteiger partial charge in [0.2, 0.25) is 5.91 Å². The van der Waals surface area contributed by atoms with Crippen molar-refractivity contribution >= 4 is 78.6 Å². The first kappa shape index (κ1) is 15.7. The van der Waals surface area contributed by atoms with Crippen LogP contribution in [0.1, 0.15) is 17.7 Å². The molecule has 0 bridgehead atoms. The number of hydrogen-bond donors (Lipinski definition) is 2. The van der Waals surface area contributed by atoms with E-state index < -0.39 is 16.4 Å². The highest BCUT2D eigenvalue weighted by Gasteiger charge is 2.50. The minimum absolute atomic E-state index is 0.251. The number of aryl methyl sites for hydroxylation is 1. The van der Waals surface area contributed by atoms with Crippen LogP contribution in [0.25, 0.3) is 10.9 Å². The Morgan fingerprint density at radius 2 is 1.91 bits per heavy atom. The summed E-state index contributed by atoms with van der Waals surface area (Å²) in [4.78, 5) is 15.0. The summed E-state index contributed by atoms with van der Waals surface area (Å²) < 4.78 is 0. The molecule has 0 spiro atoms. The topological polar surface area (TPSA) is 58.9 Å². The molecule has 3 rings (SSSR count). The van der Waals surface area contributed by atoms with Gasteiger partial charge in [-0.2, -0.15) is 0 Å². The fourth-order valence-corrected chi connectivity index (χ4v) is 3.31. The van der Waals surface area contributed by atoms with Crippen LogP contribution in [-0.4, -0.2) is 50.1 Å². The summed E-state index contributed by atoms with van der Waals surface area (Å²) in [6.45, 7) is 0. The number of fused-ring (bicyclic) bond motifs is 3. The largest absolute Gasteiger partial charge is 0.370 e. The summed E-state index contributed by atoms with van der Waals surface area (Å²) in [5.74, 6) is -0.817. The molecule has 22 heavy (non-hydrogen) atoms. The number of H-pyrrole nitrogens is 1. The van der Waals surface area contributed by atoms with E-state index in [2.05, 4.69) is 4.98 Å². The van der Waals surface area contributed by atoms with Crippen molar-refractivity contribution in [1.82, 2.24) is 4.98 Å². The van der Waals surface area contributed by atoms with Gasteiger partial charge in [0, 0.05) is 26.9 Å². The van der Waals surface area contributed by atoms with Crippen LogP contribution in [0.15, 0.2) is 6.07 Å². The number of hydrogen-bond acceptors (Lipinski definition) is 1. The first-order valence-electron chi connectivity index (χ1n) is 6.66. The Bertz CT molecular complexity index is 819. The summed E-state index contributed by atoms with van der Waals surface area (Å²) in [5, 5.41) is -2.16. The fraction of sp³-hybridized carbons (Fsp3) is 0.308. The van der Waals surface area contributed by atoms with E-state index in [4.69, 9.17) is 56.6 Å². The van der Waals surface area contributed by atoms with Crippen LogP contribution in [-0.2, 0) is 16.5 Å². The van der Waals surface area contributed by atoms with Crippen molar-refractivity contribution in [3.8, 4) is 0 Å². The lowest BCUT2D eigenvalue weighted by Gasteiger charge is -2.47. The Hall–Kier alpha value is -1.16. The van der Waals surface area contributed by atoms with Gasteiger partial charge in [-0.3, -0.25) is 4.79 Å². The summed E-state index contributed by atoms with van der Waals surface area (Å²) in [6.07, 6.45) is 0.794. The SMILES string of the molecule is [B]c1c(Cl)cc2c3c([nH]c2c1[B])C([B])(C(N)=O)C([B])([B])CC3. The van der Waals surface area contributed by atoms with E-state index in [1.54, 1.807) is 6.07 Å². The van der Waals surface area contributed by atoms with Gasteiger partial charge in [0.05, 0.1) is 23.5 Å². The molecule has 3 nitrogen and oxygen atoms in total. The molecular weight excluding hydrogens is 290 g/mol. The molecule has 1 unspecified atom stereocenters. The summed E-state index contributed by atoms with van der Waals surface area (Å²) >= 11 is 6.09. The van der Waals surface area contributed by atoms with E-state index in [1.165, 1.54) is 0 Å². The van der Waals surface area contributed by atoms with Gasteiger partial charge in [0.1, 0.15) is 15.7 Å². The van der Waals surface area contributed by atoms with Gasteiger partial charge in [0.25, 0.3) is 0 Å². The van der Waals surface area contributed by atoms with Crippen LogP contribution >= 0.6 is 11.6 Å². The molecule has 0 saturated heterocycles. The fourth-order valence-electron chi connectivity index (χ4n) is 3.10.